The Morgan fingerprint density at radius 2 is 1.74 bits per heavy atom. The van der Waals surface area contributed by atoms with Crippen molar-refractivity contribution < 1.29 is 18.0 Å². The highest BCUT2D eigenvalue weighted by atomic mass is 32.2. The van der Waals surface area contributed by atoms with E-state index in [-0.39, 0.29) is 34.9 Å². The predicted molar refractivity (Wildman–Crippen MR) is 88.2 cm³/mol. The van der Waals surface area contributed by atoms with Crippen molar-refractivity contribution in [1.29, 1.82) is 0 Å². The lowest BCUT2D eigenvalue weighted by Crippen LogP contribution is -2.40. The summed E-state index contributed by atoms with van der Waals surface area (Å²) in [4.78, 5) is 24.4. The van der Waals surface area contributed by atoms with Gasteiger partial charge in [0.1, 0.15) is 0 Å². The van der Waals surface area contributed by atoms with E-state index in [0.29, 0.717) is 17.5 Å². The maximum atomic E-state index is 12.2. The molecule has 23 heavy (non-hydrogen) atoms. The third-order valence-corrected chi connectivity index (χ3v) is 5.21. The topological polar surface area (TPSA) is 92.3 Å². The van der Waals surface area contributed by atoms with Crippen LogP contribution in [0.2, 0.25) is 0 Å². The molecule has 1 aliphatic rings. The summed E-state index contributed by atoms with van der Waals surface area (Å²) in [5.74, 6) is -0.539. The third kappa shape index (κ3) is 5.06. The second-order valence-corrected chi connectivity index (χ2v) is 9.09. The number of hydrogen-bond acceptors (Lipinski definition) is 4. The van der Waals surface area contributed by atoms with Crippen LogP contribution in [0.4, 0.5) is 0 Å². The third-order valence-electron chi connectivity index (χ3n) is 3.44. The first-order valence-corrected chi connectivity index (χ1v) is 9.32. The van der Waals surface area contributed by atoms with Crippen molar-refractivity contribution in [2.75, 3.05) is 11.5 Å². The van der Waals surface area contributed by atoms with Crippen LogP contribution in [-0.2, 0) is 9.84 Å². The Labute approximate surface area is 136 Å². The molecule has 0 saturated carbocycles. The summed E-state index contributed by atoms with van der Waals surface area (Å²) in [6, 6.07) is 6.03. The minimum Gasteiger partial charge on any atom is -0.348 e. The number of carbonyl (C=O) groups excluding carboxylic acids is 2. The Morgan fingerprint density at radius 1 is 1.13 bits per heavy atom. The number of sulfone groups is 1. The van der Waals surface area contributed by atoms with Crippen LogP contribution in [0.5, 0.6) is 0 Å². The molecule has 1 fully saturated rings. The highest BCUT2D eigenvalue weighted by Gasteiger charge is 2.29. The van der Waals surface area contributed by atoms with Gasteiger partial charge in [0.05, 0.1) is 11.5 Å². The number of rotatable bonds is 3. The van der Waals surface area contributed by atoms with E-state index in [4.69, 9.17) is 0 Å². The minimum absolute atomic E-state index is 0.0249. The van der Waals surface area contributed by atoms with Gasteiger partial charge in [-0.3, -0.25) is 9.59 Å². The van der Waals surface area contributed by atoms with Gasteiger partial charge in [-0.15, -0.1) is 0 Å². The summed E-state index contributed by atoms with van der Waals surface area (Å²) in [5.41, 5.74) is 0.371. The molecule has 0 radical (unpaired) electrons. The molecule has 1 aromatic carbocycles. The molecule has 2 amide bonds. The van der Waals surface area contributed by atoms with Gasteiger partial charge in [0.2, 0.25) is 0 Å². The maximum Gasteiger partial charge on any atom is 0.251 e. The van der Waals surface area contributed by atoms with Crippen LogP contribution in [0, 0.1) is 0 Å². The Balaban J connectivity index is 2.07. The molecule has 2 rings (SSSR count). The zero-order valence-electron chi connectivity index (χ0n) is 13.5. The number of carbonyl (C=O) groups is 2. The van der Waals surface area contributed by atoms with Gasteiger partial charge in [0.15, 0.2) is 9.84 Å². The highest BCUT2D eigenvalue weighted by Crippen LogP contribution is 2.13. The van der Waals surface area contributed by atoms with E-state index in [1.165, 1.54) is 6.07 Å². The molecule has 1 saturated heterocycles. The lowest BCUT2D eigenvalue weighted by atomic mass is 10.1. The first kappa shape index (κ1) is 17.5. The fraction of sp³-hybridized carbons (Fsp3) is 0.500. The first-order chi connectivity index (χ1) is 10.6. The first-order valence-electron chi connectivity index (χ1n) is 7.50. The fourth-order valence-electron chi connectivity index (χ4n) is 2.39. The second kappa shape index (κ2) is 6.31. The quantitative estimate of drug-likeness (QED) is 0.864. The molecular weight excluding hydrogens is 316 g/mol. The van der Waals surface area contributed by atoms with Gasteiger partial charge < -0.3 is 10.6 Å². The smallest absolute Gasteiger partial charge is 0.251 e. The fourth-order valence-corrected chi connectivity index (χ4v) is 4.07. The lowest BCUT2D eigenvalue weighted by molar-refractivity contribution is 0.0919. The molecule has 7 heteroatoms. The van der Waals surface area contributed by atoms with E-state index >= 15 is 0 Å². The van der Waals surface area contributed by atoms with Crippen molar-refractivity contribution in [2.24, 2.45) is 0 Å². The highest BCUT2D eigenvalue weighted by molar-refractivity contribution is 7.91. The van der Waals surface area contributed by atoms with E-state index in [9.17, 15) is 18.0 Å². The van der Waals surface area contributed by atoms with E-state index in [0.717, 1.165) is 0 Å². The zero-order valence-corrected chi connectivity index (χ0v) is 14.4. The van der Waals surface area contributed by atoms with Crippen LogP contribution < -0.4 is 10.6 Å². The average Bonchev–Trinajstić information content (AvgIpc) is 2.76. The molecule has 0 bridgehead atoms. The molecule has 1 aliphatic heterocycles. The molecule has 2 N–H and O–H groups in total. The SMILES string of the molecule is CC(C)(C)NC(=O)c1cccc(C(=O)NC2CCS(=O)(=O)C2)c1. The molecule has 6 nitrogen and oxygen atoms in total. The molecule has 0 aliphatic carbocycles. The van der Waals surface area contributed by atoms with Crippen molar-refractivity contribution in [3.63, 3.8) is 0 Å². The van der Waals surface area contributed by atoms with Crippen molar-refractivity contribution in [3.05, 3.63) is 35.4 Å². The van der Waals surface area contributed by atoms with E-state index in [2.05, 4.69) is 10.6 Å². The minimum atomic E-state index is -3.04. The van der Waals surface area contributed by atoms with Gasteiger partial charge in [-0.1, -0.05) is 6.07 Å². The molecule has 1 aromatic rings. The van der Waals surface area contributed by atoms with Crippen molar-refractivity contribution >= 4 is 21.7 Å². The van der Waals surface area contributed by atoms with E-state index < -0.39 is 9.84 Å². The summed E-state index contributed by atoms with van der Waals surface area (Å²) in [7, 11) is -3.04. The van der Waals surface area contributed by atoms with Gasteiger partial charge >= 0.3 is 0 Å². The van der Waals surface area contributed by atoms with Crippen LogP contribution in [-0.4, -0.2) is 43.3 Å². The Hall–Kier alpha value is -1.89. The summed E-state index contributed by atoms with van der Waals surface area (Å²) in [5, 5.41) is 5.55. The molecule has 1 heterocycles. The number of benzene rings is 1. The number of hydrogen-bond donors (Lipinski definition) is 2. The standard InChI is InChI=1S/C16H22N2O4S/c1-16(2,3)18-15(20)12-6-4-5-11(9-12)14(19)17-13-7-8-23(21,22)10-13/h4-6,9,13H,7-8,10H2,1-3H3,(H,17,19)(H,18,20). The van der Waals surface area contributed by atoms with Gasteiger partial charge in [0.25, 0.3) is 11.8 Å². The van der Waals surface area contributed by atoms with Crippen LogP contribution in [0.15, 0.2) is 24.3 Å². The summed E-state index contributed by atoms with van der Waals surface area (Å²) < 4.78 is 22.9. The van der Waals surface area contributed by atoms with Crippen molar-refractivity contribution in [3.8, 4) is 0 Å². The van der Waals surface area contributed by atoms with E-state index in [1.54, 1.807) is 18.2 Å². The average molecular weight is 338 g/mol. The Bertz CT molecular complexity index is 720. The largest absolute Gasteiger partial charge is 0.348 e. The monoisotopic (exact) mass is 338 g/mol. The van der Waals surface area contributed by atoms with Gasteiger partial charge in [-0.2, -0.15) is 0 Å². The van der Waals surface area contributed by atoms with Crippen LogP contribution in [0.3, 0.4) is 0 Å². The summed E-state index contributed by atoms with van der Waals surface area (Å²) in [6.45, 7) is 5.63. The van der Waals surface area contributed by atoms with Gasteiger partial charge in [-0.05, 0) is 45.4 Å². The Morgan fingerprint density at radius 3 is 2.26 bits per heavy atom. The van der Waals surface area contributed by atoms with Crippen LogP contribution in [0.1, 0.15) is 47.9 Å². The zero-order chi connectivity index (χ0) is 17.3. The normalized spacial score (nSPS) is 20.0. The predicted octanol–water partition coefficient (Wildman–Crippen LogP) is 1.13. The summed E-state index contributed by atoms with van der Waals surface area (Å²) in [6.07, 6.45) is 0.429. The summed E-state index contributed by atoms with van der Waals surface area (Å²) >= 11 is 0. The molecular formula is C16H22N2O4S. The second-order valence-electron chi connectivity index (χ2n) is 6.86. The lowest BCUT2D eigenvalue weighted by Gasteiger charge is -2.20. The van der Waals surface area contributed by atoms with Crippen LogP contribution in [0.25, 0.3) is 0 Å². The van der Waals surface area contributed by atoms with E-state index in [1.807, 2.05) is 20.8 Å². The van der Waals surface area contributed by atoms with Crippen molar-refractivity contribution in [2.45, 2.75) is 38.8 Å². The molecule has 0 aromatic heterocycles. The number of nitrogens with one attached hydrogen (secondary N) is 2. The molecule has 126 valence electrons. The van der Waals surface area contributed by atoms with Crippen molar-refractivity contribution in [1.82, 2.24) is 10.6 Å². The van der Waals surface area contributed by atoms with Crippen LogP contribution >= 0.6 is 0 Å². The number of amides is 2. The maximum absolute atomic E-state index is 12.2. The van der Waals surface area contributed by atoms with Gasteiger partial charge in [0, 0.05) is 22.7 Å². The van der Waals surface area contributed by atoms with Gasteiger partial charge in [-0.25, -0.2) is 8.42 Å². The Kier molecular flexibility index (Phi) is 4.79. The molecule has 0 spiro atoms. The molecule has 1 unspecified atom stereocenters. The molecule has 1 atom stereocenters.